The van der Waals surface area contributed by atoms with Crippen molar-refractivity contribution >= 4 is 6.09 Å². The maximum Gasteiger partial charge on any atom is 0.417 e. The number of nitriles is 1. The van der Waals surface area contributed by atoms with Gasteiger partial charge in [0.1, 0.15) is 6.61 Å². The maximum absolute atomic E-state index is 12.9. The van der Waals surface area contributed by atoms with E-state index >= 15 is 0 Å². The van der Waals surface area contributed by atoms with Crippen molar-refractivity contribution in [3.05, 3.63) is 70.8 Å². The van der Waals surface area contributed by atoms with E-state index in [1.165, 1.54) is 12.1 Å². The van der Waals surface area contributed by atoms with E-state index in [0.717, 1.165) is 17.7 Å². The number of hydrogen-bond donors (Lipinski definition) is 1. The number of nitrogens with one attached hydrogen (secondary N) is 1. The summed E-state index contributed by atoms with van der Waals surface area (Å²) in [5, 5.41) is 11.1. The van der Waals surface area contributed by atoms with E-state index in [1.807, 2.05) is 18.2 Å². The Morgan fingerprint density at radius 2 is 1.88 bits per heavy atom. The van der Waals surface area contributed by atoms with E-state index in [9.17, 15) is 18.0 Å². The molecule has 0 saturated heterocycles. The number of carbonyl (C=O) groups is 1. The second kappa shape index (κ2) is 8.59. The molecule has 0 aliphatic heterocycles. The van der Waals surface area contributed by atoms with Crippen LogP contribution in [0.3, 0.4) is 0 Å². The highest BCUT2D eigenvalue weighted by atomic mass is 19.4. The second-order valence-electron chi connectivity index (χ2n) is 5.09. The average Bonchev–Trinajstić information content (AvgIpc) is 2.63. The minimum Gasteiger partial charge on any atom is -0.445 e. The first-order valence-electron chi connectivity index (χ1n) is 7.45. The van der Waals surface area contributed by atoms with Crippen LogP contribution in [0, 0.1) is 23.2 Å². The van der Waals surface area contributed by atoms with Gasteiger partial charge in [0.05, 0.1) is 23.7 Å². The highest BCUT2D eigenvalue weighted by Crippen LogP contribution is 2.32. The van der Waals surface area contributed by atoms with Crippen LogP contribution in [0.1, 0.15) is 22.3 Å². The first kappa shape index (κ1) is 18.9. The van der Waals surface area contributed by atoms with E-state index in [-0.39, 0.29) is 18.7 Å². The van der Waals surface area contributed by atoms with Crippen LogP contribution < -0.4 is 5.32 Å². The van der Waals surface area contributed by atoms with Crippen LogP contribution in [-0.4, -0.2) is 12.6 Å². The molecule has 0 fully saturated rings. The number of carbonyl (C=O) groups excluding carboxylic acids is 1. The molecule has 0 aromatic heterocycles. The third kappa shape index (κ3) is 5.57. The van der Waals surface area contributed by atoms with Gasteiger partial charge in [0.2, 0.25) is 0 Å². The van der Waals surface area contributed by atoms with E-state index < -0.39 is 23.4 Å². The number of amides is 1. The minimum absolute atomic E-state index is 0.0883. The van der Waals surface area contributed by atoms with E-state index in [4.69, 9.17) is 10.00 Å². The highest BCUT2D eigenvalue weighted by Gasteiger charge is 2.33. The van der Waals surface area contributed by atoms with Crippen molar-refractivity contribution in [3.8, 4) is 17.9 Å². The summed E-state index contributed by atoms with van der Waals surface area (Å²) in [4.78, 5) is 11.5. The molecule has 2 rings (SSSR count). The molecule has 0 heterocycles. The normalized spacial score (nSPS) is 10.2. The molecule has 0 unspecified atom stereocenters. The molecule has 1 N–H and O–H groups in total. The molecule has 0 radical (unpaired) electrons. The predicted octanol–water partition coefficient (Wildman–Crippen LogP) is 3.85. The zero-order valence-electron chi connectivity index (χ0n) is 13.4. The lowest BCUT2D eigenvalue weighted by Crippen LogP contribution is -2.24. The predicted molar refractivity (Wildman–Crippen MR) is 87.7 cm³/mol. The Bertz CT molecular complexity index is 876. The first-order chi connectivity index (χ1) is 12.4. The number of nitrogens with zero attached hydrogens (tertiary/aromatic N) is 1. The van der Waals surface area contributed by atoms with E-state index in [2.05, 4.69) is 17.2 Å². The second-order valence-corrected chi connectivity index (χ2v) is 5.09. The quantitative estimate of drug-likeness (QED) is 0.848. The van der Waals surface area contributed by atoms with Crippen molar-refractivity contribution in [1.82, 2.24) is 5.32 Å². The van der Waals surface area contributed by atoms with Gasteiger partial charge in [-0.05, 0) is 23.8 Å². The van der Waals surface area contributed by atoms with E-state index in [0.29, 0.717) is 0 Å². The number of benzene rings is 2. The molecule has 26 heavy (non-hydrogen) atoms. The number of halogens is 3. The van der Waals surface area contributed by atoms with E-state index in [1.54, 1.807) is 12.1 Å². The molecule has 7 heteroatoms. The van der Waals surface area contributed by atoms with Gasteiger partial charge in [-0.25, -0.2) is 4.79 Å². The standard InChI is InChI=1S/C19H13F3N2O2/c20-19(21,22)17-11-14(8-9-16(17)12-23)7-4-10-24-18(25)26-13-15-5-2-1-3-6-15/h1-3,5-6,8-9,11H,10,13H2,(H,24,25). The topological polar surface area (TPSA) is 62.1 Å². The monoisotopic (exact) mass is 358 g/mol. The van der Waals surface area contributed by atoms with Gasteiger partial charge < -0.3 is 10.1 Å². The molecule has 132 valence electrons. The fourth-order valence-corrected chi connectivity index (χ4v) is 1.99. The summed E-state index contributed by atoms with van der Waals surface area (Å²) in [6, 6.07) is 13.8. The van der Waals surface area contributed by atoms with Crippen LogP contribution in [0.5, 0.6) is 0 Å². The van der Waals surface area contributed by atoms with Crippen molar-refractivity contribution in [3.63, 3.8) is 0 Å². The molecule has 0 bridgehead atoms. The number of rotatable bonds is 3. The van der Waals surface area contributed by atoms with Crippen LogP contribution in [0.25, 0.3) is 0 Å². The van der Waals surface area contributed by atoms with Crippen LogP contribution in [0.4, 0.5) is 18.0 Å². The van der Waals surface area contributed by atoms with Crippen molar-refractivity contribution in [2.45, 2.75) is 12.8 Å². The Morgan fingerprint density at radius 3 is 2.54 bits per heavy atom. The van der Waals surface area contributed by atoms with Gasteiger partial charge in [-0.3, -0.25) is 0 Å². The molecule has 0 spiro atoms. The maximum atomic E-state index is 12.9. The van der Waals surface area contributed by atoms with Crippen molar-refractivity contribution in [1.29, 1.82) is 5.26 Å². The summed E-state index contributed by atoms with van der Waals surface area (Å²) in [5.74, 6) is 5.04. The molecule has 0 aliphatic carbocycles. The lowest BCUT2D eigenvalue weighted by Gasteiger charge is -2.08. The number of hydrogen-bond acceptors (Lipinski definition) is 3. The number of alkyl halides is 3. The van der Waals surface area contributed by atoms with Crippen LogP contribution in [0.15, 0.2) is 48.5 Å². The molecule has 0 saturated carbocycles. The molecular weight excluding hydrogens is 345 g/mol. The molecule has 0 atom stereocenters. The number of alkyl carbamates (subject to hydrolysis) is 1. The Hall–Kier alpha value is -3.45. The zero-order valence-corrected chi connectivity index (χ0v) is 13.4. The molecular formula is C19H13F3N2O2. The lowest BCUT2D eigenvalue weighted by atomic mass is 10.0. The van der Waals surface area contributed by atoms with Gasteiger partial charge in [0.15, 0.2) is 0 Å². The summed E-state index contributed by atoms with van der Waals surface area (Å²) >= 11 is 0. The largest absolute Gasteiger partial charge is 0.445 e. The zero-order chi connectivity index (χ0) is 19.0. The van der Waals surface area contributed by atoms with Crippen LogP contribution >= 0.6 is 0 Å². The molecule has 2 aromatic carbocycles. The molecule has 4 nitrogen and oxygen atoms in total. The lowest BCUT2D eigenvalue weighted by molar-refractivity contribution is -0.137. The first-order valence-corrected chi connectivity index (χ1v) is 7.45. The summed E-state index contributed by atoms with van der Waals surface area (Å²) in [6.45, 7) is 0.0135. The van der Waals surface area contributed by atoms with Crippen LogP contribution in [0.2, 0.25) is 0 Å². The average molecular weight is 358 g/mol. The van der Waals surface area contributed by atoms with Gasteiger partial charge in [-0.2, -0.15) is 18.4 Å². The van der Waals surface area contributed by atoms with Gasteiger partial charge in [0.25, 0.3) is 0 Å². The van der Waals surface area contributed by atoms with Gasteiger partial charge in [0, 0.05) is 5.56 Å². The molecule has 2 aromatic rings. The van der Waals surface area contributed by atoms with Gasteiger partial charge >= 0.3 is 12.3 Å². The summed E-state index contributed by atoms with van der Waals surface area (Å²) < 4.78 is 43.6. The number of ether oxygens (including phenoxy) is 1. The van der Waals surface area contributed by atoms with Crippen molar-refractivity contribution < 1.29 is 22.7 Å². The van der Waals surface area contributed by atoms with Crippen LogP contribution in [-0.2, 0) is 17.5 Å². The highest BCUT2D eigenvalue weighted by molar-refractivity contribution is 5.67. The Morgan fingerprint density at radius 1 is 1.15 bits per heavy atom. The fraction of sp³-hybridized carbons (Fsp3) is 0.158. The van der Waals surface area contributed by atoms with Crippen molar-refractivity contribution in [2.75, 3.05) is 6.54 Å². The summed E-state index contributed by atoms with van der Waals surface area (Å²) in [7, 11) is 0. The molecule has 1 amide bonds. The summed E-state index contributed by atoms with van der Waals surface area (Å²) in [5.41, 5.74) is -0.588. The molecule has 0 aliphatic rings. The Kier molecular flexibility index (Phi) is 6.24. The minimum atomic E-state index is -4.64. The summed E-state index contributed by atoms with van der Waals surface area (Å²) in [6.07, 6.45) is -5.32. The SMILES string of the molecule is N#Cc1ccc(C#CCNC(=O)OCc2ccccc2)cc1C(F)(F)F. The van der Waals surface area contributed by atoms with Gasteiger partial charge in [-0.15, -0.1) is 0 Å². The third-order valence-corrected chi connectivity index (χ3v) is 3.21. The third-order valence-electron chi connectivity index (χ3n) is 3.21. The fourth-order valence-electron chi connectivity index (χ4n) is 1.99. The smallest absolute Gasteiger partial charge is 0.417 e. The Balaban J connectivity index is 1.90. The van der Waals surface area contributed by atoms with Gasteiger partial charge in [-0.1, -0.05) is 42.2 Å². The van der Waals surface area contributed by atoms with Crippen molar-refractivity contribution in [2.24, 2.45) is 0 Å². The Labute approximate surface area is 148 Å².